The molecule has 0 amide bonds. The van der Waals surface area contributed by atoms with Gasteiger partial charge >= 0.3 is 0 Å². The molecule has 102 valence electrons. The lowest BCUT2D eigenvalue weighted by atomic mass is 10.1. The summed E-state index contributed by atoms with van der Waals surface area (Å²) in [6, 6.07) is 5.02. The molecule has 19 heavy (non-hydrogen) atoms. The van der Waals surface area contributed by atoms with E-state index in [0.717, 1.165) is 31.2 Å². The van der Waals surface area contributed by atoms with Crippen LogP contribution in [-0.2, 0) is 10.0 Å². The Labute approximate surface area is 115 Å². The minimum atomic E-state index is -3.52. The lowest BCUT2D eigenvalue weighted by Gasteiger charge is -2.10. The molecular formula is C11H14N4O2S2. The molecule has 0 aliphatic carbocycles. The van der Waals surface area contributed by atoms with Crippen LogP contribution >= 0.6 is 11.7 Å². The Morgan fingerprint density at radius 3 is 3.11 bits per heavy atom. The third-order valence-corrected chi connectivity index (χ3v) is 5.26. The van der Waals surface area contributed by atoms with Crippen LogP contribution < -0.4 is 10.0 Å². The molecule has 1 saturated heterocycles. The lowest BCUT2D eigenvalue weighted by molar-refractivity contribution is 0.539. The summed E-state index contributed by atoms with van der Waals surface area (Å²) in [5.41, 5.74) is 1.07. The van der Waals surface area contributed by atoms with Gasteiger partial charge in [-0.05, 0) is 37.6 Å². The number of nitrogens with zero attached hydrogens (tertiary/aromatic N) is 2. The molecule has 6 nitrogen and oxygen atoms in total. The van der Waals surface area contributed by atoms with Crippen LogP contribution in [0.25, 0.3) is 11.0 Å². The topological polar surface area (TPSA) is 84.0 Å². The number of hydrogen-bond acceptors (Lipinski definition) is 6. The predicted octanol–water partition coefficient (Wildman–Crippen LogP) is 0.579. The number of sulfonamides is 1. The third kappa shape index (κ3) is 2.62. The fourth-order valence-corrected chi connectivity index (χ4v) is 4.07. The van der Waals surface area contributed by atoms with Crippen molar-refractivity contribution < 1.29 is 8.42 Å². The number of benzene rings is 1. The summed E-state index contributed by atoms with van der Waals surface area (Å²) >= 11 is 1.02. The van der Waals surface area contributed by atoms with Gasteiger partial charge in [0.15, 0.2) is 0 Å². The van der Waals surface area contributed by atoms with Crippen LogP contribution in [-0.4, -0.2) is 36.8 Å². The monoisotopic (exact) mass is 298 g/mol. The predicted molar refractivity (Wildman–Crippen MR) is 73.6 cm³/mol. The Balaban J connectivity index is 1.84. The van der Waals surface area contributed by atoms with Crippen LogP contribution in [0.2, 0.25) is 0 Å². The summed E-state index contributed by atoms with van der Waals surface area (Å²) in [6.07, 6.45) is 1.00. The van der Waals surface area contributed by atoms with E-state index in [1.54, 1.807) is 18.2 Å². The van der Waals surface area contributed by atoms with Crippen molar-refractivity contribution in [2.75, 3.05) is 19.6 Å². The number of rotatable bonds is 4. The van der Waals surface area contributed by atoms with Crippen molar-refractivity contribution in [3.8, 4) is 0 Å². The summed E-state index contributed by atoms with van der Waals surface area (Å²) in [5.74, 6) is 0.363. The molecule has 1 aliphatic heterocycles. The molecule has 2 aromatic rings. The van der Waals surface area contributed by atoms with Crippen LogP contribution in [0.15, 0.2) is 23.1 Å². The minimum absolute atomic E-state index is 0.213. The quantitative estimate of drug-likeness (QED) is 0.862. The van der Waals surface area contributed by atoms with E-state index in [2.05, 4.69) is 18.8 Å². The molecule has 0 bridgehead atoms. The summed E-state index contributed by atoms with van der Waals surface area (Å²) in [5, 5.41) is 3.22. The van der Waals surface area contributed by atoms with E-state index in [1.807, 2.05) is 0 Å². The molecule has 1 aromatic carbocycles. The fourth-order valence-electron chi connectivity index (χ4n) is 2.19. The molecule has 1 aliphatic rings. The largest absolute Gasteiger partial charge is 0.316 e. The SMILES string of the molecule is O=S(=O)(NCC1CCNC1)c1cccc2nsnc12. The first-order valence-electron chi connectivity index (χ1n) is 6.08. The second-order valence-electron chi connectivity index (χ2n) is 4.60. The maximum absolute atomic E-state index is 12.3. The average molecular weight is 298 g/mol. The molecule has 0 spiro atoms. The first-order valence-corrected chi connectivity index (χ1v) is 8.30. The van der Waals surface area contributed by atoms with Crippen LogP contribution in [0.1, 0.15) is 6.42 Å². The number of aromatic nitrogens is 2. The van der Waals surface area contributed by atoms with E-state index in [1.165, 1.54) is 0 Å². The second kappa shape index (κ2) is 5.12. The zero-order valence-electron chi connectivity index (χ0n) is 10.2. The fraction of sp³-hybridized carbons (Fsp3) is 0.455. The summed E-state index contributed by atoms with van der Waals surface area (Å²) in [4.78, 5) is 0.213. The van der Waals surface area contributed by atoms with E-state index in [-0.39, 0.29) is 4.90 Å². The van der Waals surface area contributed by atoms with Crippen molar-refractivity contribution in [3.05, 3.63) is 18.2 Å². The van der Waals surface area contributed by atoms with Crippen molar-refractivity contribution >= 4 is 32.8 Å². The highest BCUT2D eigenvalue weighted by atomic mass is 32.2. The van der Waals surface area contributed by atoms with Gasteiger partial charge in [0.2, 0.25) is 10.0 Å². The van der Waals surface area contributed by atoms with Crippen molar-refractivity contribution in [3.63, 3.8) is 0 Å². The Kier molecular flexibility index (Phi) is 3.48. The summed E-state index contributed by atoms with van der Waals surface area (Å²) < 4.78 is 35.4. The zero-order valence-corrected chi connectivity index (χ0v) is 11.8. The van der Waals surface area contributed by atoms with Gasteiger partial charge in [-0.2, -0.15) is 8.75 Å². The summed E-state index contributed by atoms with van der Waals surface area (Å²) in [6.45, 7) is 2.28. The van der Waals surface area contributed by atoms with Gasteiger partial charge in [-0.3, -0.25) is 0 Å². The molecule has 1 unspecified atom stereocenters. The van der Waals surface area contributed by atoms with E-state index in [9.17, 15) is 8.42 Å². The van der Waals surface area contributed by atoms with Crippen LogP contribution in [0, 0.1) is 5.92 Å². The van der Waals surface area contributed by atoms with Crippen molar-refractivity contribution in [2.45, 2.75) is 11.3 Å². The van der Waals surface area contributed by atoms with E-state index >= 15 is 0 Å². The van der Waals surface area contributed by atoms with E-state index in [4.69, 9.17) is 0 Å². The normalized spacial score (nSPS) is 20.1. The highest BCUT2D eigenvalue weighted by Gasteiger charge is 2.22. The van der Waals surface area contributed by atoms with Crippen molar-refractivity contribution in [1.82, 2.24) is 18.8 Å². The molecule has 2 heterocycles. The number of hydrogen-bond donors (Lipinski definition) is 2. The maximum atomic E-state index is 12.3. The second-order valence-corrected chi connectivity index (χ2v) is 6.86. The first-order chi connectivity index (χ1) is 9.17. The molecular weight excluding hydrogens is 284 g/mol. The molecule has 8 heteroatoms. The van der Waals surface area contributed by atoms with Crippen LogP contribution in [0.4, 0.5) is 0 Å². The smallest absolute Gasteiger partial charge is 0.242 e. The highest BCUT2D eigenvalue weighted by Crippen LogP contribution is 2.21. The van der Waals surface area contributed by atoms with Gasteiger partial charge in [-0.15, -0.1) is 0 Å². The van der Waals surface area contributed by atoms with Gasteiger partial charge in [0, 0.05) is 6.54 Å². The lowest BCUT2D eigenvalue weighted by Crippen LogP contribution is -2.30. The Bertz CT molecular complexity index is 677. The molecule has 1 aromatic heterocycles. The Morgan fingerprint density at radius 2 is 2.32 bits per heavy atom. The van der Waals surface area contributed by atoms with Gasteiger partial charge in [-0.25, -0.2) is 13.1 Å². The van der Waals surface area contributed by atoms with Gasteiger partial charge in [0.1, 0.15) is 15.9 Å². The minimum Gasteiger partial charge on any atom is -0.316 e. The number of nitrogens with one attached hydrogen (secondary N) is 2. The van der Waals surface area contributed by atoms with Crippen LogP contribution in [0.5, 0.6) is 0 Å². The number of fused-ring (bicyclic) bond motifs is 1. The standard InChI is InChI=1S/C11H14N4O2S2/c16-19(17,13-7-8-4-5-12-6-8)10-3-1-2-9-11(10)15-18-14-9/h1-3,8,12-13H,4-7H2. The highest BCUT2D eigenvalue weighted by molar-refractivity contribution is 7.89. The Morgan fingerprint density at radius 1 is 1.42 bits per heavy atom. The van der Waals surface area contributed by atoms with Crippen LogP contribution in [0.3, 0.4) is 0 Å². The first kappa shape index (κ1) is 12.9. The molecule has 0 radical (unpaired) electrons. The average Bonchev–Trinajstić information content (AvgIpc) is 3.06. The molecule has 0 saturated carbocycles. The van der Waals surface area contributed by atoms with E-state index < -0.39 is 10.0 Å². The maximum Gasteiger partial charge on any atom is 0.242 e. The van der Waals surface area contributed by atoms with Gasteiger partial charge in [0.25, 0.3) is 0 Å². The molecule has 2 N–H and O–H groups in total. The zero-order chi connectivity index (χ0) is 13.3. The molecule has 3 rings (SSSR count). The van der Waals surface area contributed by atoms with Gasteiger partial charge in [0.05, 0.1) is 11.7 Å². The van der Waals surface area contributed by atoms with Gasteiger partial charge in [-0.1, -0.05) is 6.07 Å². The Hall–Kier alpha value is -1.09. The van der Waals surface area contributed by atoms with E-state index in [0.29, 0.717) is 23.5 Å². The van der Waals surface area contributed by atoms with Gasteiger partial charge < -0.3 is 5.32 Å². The van der Waals surface area contributed by atoms with Crippen molar-refractivity contribution in [1.29, 1.82) is 0 Å². The van der Waals surface area contributed by atoms with Crippen molar-refractivity contribution in [2.24, 2.45) is 5.92 Å². The molecule has 1 atom stereocenters. The third-order valence-electron chi connectivity index (χ3n) is 3.26. The molecule has 1 fully saturated rings. The summed E-state index contributed by atoms with van der Waals surface area (Å²) in [7, 11) is -3.52.